The van der Waals surface area contributed by atoms with Crippen molar-refractivity contribution < 1.29 is 17.6 Å². The van der Waals surface area contributed by atoms with E-state index in [1.165, 1.54) is 12.3 Å². The molecule has 0 aliphatic rings. The molecule has 0 aliphatic heterocycles. The van der Waals surface area contributed by atoms with Crippen LogP contribution in [-0.2, 0) is 12.7 Å². The van der Waals surface area contributed by atoms with Crippen LogP contribution in [0.25, 0.3) is 22.2 Å². The Hall–Kier alpha value is -3.23. The average molecular weight is 359 g/mol. The molecule has 132 valence electrons. The third kappa shape index (κ3) is 3.03. The van der Waals surface area contributed by atoms with Gasteiger partial charge < -0.3 is 4.42 Å². The fourth-order valence-corrected chi connectivity index (χ4v) is 2.64. The maximum atomic E-state index is 12.9. The number of nitrogens with zero attached hydrogens (tertiary/aromatic N) is 5. The number of alkyl halides is 3. The van der Waals surface area contributed by atoms with E-state index in [0.717, 1.165) is 12.1 Å². The van der Waals surface area contributed by atoms with E-state index in [1.807, 2.05) is 0 Å². The second-order valence-corrected chi connectivity index (χ2v) is 5.72. The van der Waals surface area contributed by atoms with Gasteiger partial charge in [0.25, 0.3) is 0 Å². The first-order chi connectivity index (χ1) is 12.4. The first kappa shape index (κ1) is 16.2. The maximum absolute atomic E-state index is 12.9. The van der Waals surface area contributed by atoms with Crippen molar-refractivity contribution >= 4 is 11.0 Å². The fraction of sp³-hybridized carbons (Fsp3) is 0.176. The van der Waals surface area contributed by atoms with Crippen LogP contribution in [0, 0.1) is 6.92 Å². The molecule has 0 N–H and O–H groups in total. The highest BCUT2D eigenvalue weighted by Crippen LogP contribution is 2.32. The molecule has 0 unspecified atom stereocenters. The van der Waals surface area contributed by atoms with Crippen LogP contribution in [-0.4, -0.2) is 25.0 Å². The molecule has 1 aromatic carbocycles. The van der Waals surface area contributed by atoms with E-state index >= 15 is 0 Å². The Kier molecular flexibility index (Phi) is 3.71. The van der Waals surface area contributed by atoms with Crippen molar-refractivity contribution in [2.24, 2.45) is 0 Å². The highest BCUT2D eigenvalue weighted by Gasteiger charge is 2.30. The average Bonchev–Trinajstić information content (AvgIpc) is 3.20. The number of aryl methyl sites for hydroxylation is 1. The predicted molar refractivity (Wildman–Crippen MR) is 86.1 cm³/mol. The minimum atomic E-state index is -4.40. The van der Waals surface area contributed by atoms with Crippen LogP contribution in [0.3, 0.4) is 0 Å². The molecule has 0 bridgehead atoms. The van der Waals surface area contributed by atoms with Gasteiger partial charge in [-0.1, -0.05) is 12.1 Å². The number of rotatable bonds is 3. The maximum Gasteiger partial charge on any atom is 0.416 e. The summed E-state index contributed by atoms with van der Waals surface area (Å²) in [5.74, 6) is 0.830. The van der Waals surface area contributed by atoms with Crippen LogP contribution in [0.5, 0.6) is 0 Å². The van der Waals surface area contributed by atoms with Crippen LogP contribution in [0.4, 0.5) is 13.2 Å². The first-order valence-corrected chi connectivity index (χ1v) is 7.68. The van der Waals surface area contributed by atoms with E-state index in [-0.39, 0.29) is 6.54 Å². The number of pyridine rings is 1. The Bertz CT molecular complexity index is 1080. The topological polar surface area (TPSA) is 69.6 Å². The number of halogens is 3. The number of benzene rings is 1. The van der Waals surface area contributed by atoms with Crippen LogP contribution in [0.1, 0.15) is 17.3 Å². The molecule has 0 amide bonds. The summed E-state index contributed by atoms with van der Waals surface area (Å²) in [4.78, 5) is 4.29. The highest BCUT2D eigenvalue weighted by atomic mass is 19.4. The molecule has 0 saturated heterocycles. The lowest BCUT2D eigenvalue weighted by atomic mass is 10.0. The van der Waals surface area contributed by atoms with Crippen molar-refractivity contribution in [2.75, 3.05) is 0 Å². The quantitative estimate of drug-likeness (QED) is 0.556. The van der Waals surface area contributed by atoms with E-state index in [9.17, 15) is 13.2 Å². The fourth-order valence-electron chi connectivity index (χ4n) is 2.64. The van der Waals surface area contributed by atoms with Gasteiger partial charge in [0.15, 0.2) is 0 Å². The van der Waals surface area contributed by atoms with Crippen LogP contribution < -0.4 is 0 Å². The summed E-state index contributed by atoms with van der Waals surface area (Å²) in [6.07, 6.45) is -1.29. The first-order valence-electron chi connectivity index (χ1n) is 7.68. The largest absolute Gasteiger partial charge is 0.424 e. The van der Waals surface area contributed by atoms with Gasteiger partial charge >= 0.3 is 6.18 Å². The third-order valence-corrected chi connectivity index (χ3v) is 3.87. The summed E-state index contributed by atoms with van der Waals surface area (Å²) >= 11 is 0. The van der Waals surface area contributed by atoms with Crippen molar-refractivity contribution in [3.8, 4) is 11.1 Å². The summed E-state index contributed by atoms with van der Waals surface area (Å²) in [5, 5.41) is 11.9. The normalized spacial score (nSPS) is 12.0. The van der Waals surface area contributed by atoms with Gasteiger partial charge in [0.2, 0.25) is 11.8 Å². The smallest absolute Gasteiger partial charge is 0.416 e. The molecule has 6 nitrogen and oxygen atoms in total. The lowest BCUT2D eigenvalue weighted by molar-refractivity contribution is -0.137. The summed E-state index contributed by atoms with van der Waals surface area (Å²) < 4.78 is 45.8. The molecule has 26 heavy (non-hydrogen) atoms. The van der Waals surface area contributed by atoms with E-state index in [0.29, 0.717) is 33.9 Å². The van der Waals surface area contributed by atoms with Crippen molar-refractivity contribution in [3.63, 3.8) is 0 Å². The Morgan fingerprint density at radius 1 is 1.08 bits per heavy atom. The number of hydrogen-bond acceptors (Lipinski definition) is 5. The van der Waals surface area contributed by atoms with Crippen molar-refractivity contribution in [1.29, 1.82) is 0 Å². The monoisotopic (exact) mass is 359 g/mol. The summed E-state index contributed by atoms with van der Waals surface area (Å²) in [6.45, 7) is 1.93. The van der Waals surface area contributed by atoms with Gasteiger partial charge in [0.05, 0.1) is 17.3 Å². The summed E-state index contributed by atoms with van der Waals surface area (Å²) in [5.41, 5.74) is 1.57. The van der Waals surface area contributed by atoms with Gasteiger partial charge in [-0.2, -0.15) is 18.3 Å². The Morgan fingerprint density at radius 3 is 2.65 bits per heavy atom. The number of aromatic nitrogens is 5. The Labute approximate surface area is 145 Å². The summed E-state index contributed by atoms with van der Waals surface area (Å²) in [7, 11) is 0. The van der Waals surface area contributed by atoms with E-state index in [1.54, 1.807) is 29.9 Å². The van der Waals surface area contributed by atoms with Crippen LogP contribution in [0.15, 0.2) is 47.1 Å². The molecule has 0 fully saturated rings. The number of fused-ring (bicyclic) bond motifs is 1. The molecule has 0 saturated carbocycles. The van der Waals surface area contributed by atoms with Gasteiger partial charge in [-0.3, -0.25) is 9.67 Å². The van der Waals surface area contributed by atoms with Gasteiger partial charge in [0.1, 0.15) is 12.1 Å². The lowest BCUT2D eigenvalue weighted by Crippen LogP contribution is -2.04. The molecule has 4 aromatic rings. The van der Waals surface area contributed by atoms with E-state index < -0.39 is 11.7 Å². The molecule has 0 radical (unpaired) electrons. The lowest BCUT2D eigenvalue weighted by Gasteiger charge is -2.09. The molecular formula is C17H12F3N5O. The van der Waals surface area contributed by atoms with Crippen molar-refractivity contribution in [2.45, 2.75) is 19.6 Å². The van der Waals surface area contributed by atoms with Crippen molar-refractivity contribution in [1.82, 2.24) is 25.0 Å². The van der Waals surface area contributed by atoms with Crippen LogP contribution >= 0.6 is 0 Å². The molecular weight excluding hydrogens is 347 g/mol. The SMILES string of the molecule is Cc1nnc(Cn2ncc3ncc(-c4cccc(C(F)(F)F)c4)cc32)o1. The second-order valence-electron chi connectivity index (χ2n) is 5.72. The van der Waals surface area contributed by atoms with Gasteiger partial charge in [-0.15, -0.1) is 10.2 Å². The van der Waals surface area contributed by atoms with E-state index in [4.69, 9.17) is 4.42 Å². The zero-order valence-electron chi connectivity index (χ0n) is 13.5. The molecule has 0 spiro atoms. The Balaban J connectivity index is 1.74. The number of hydrogen-bond donors (Lipinski definition) is 0. The molecule has 3 heterocycles. The van der Waals surface area contributed by atoms with Gasteiger partial charge in [-0.25, -0.2) is 0 Å². The van der Waals surface area contributed by atoms with Crippen LogP contribution in [0.2, 0.25) is 0 Å². The molecule has 3 aromatic heterocycles. The standard InChI is InChI=1S/C17H12F3N5O/c1-10-23-24-16(26-10)9-25-15-6-12(7-21-14(15)8-22-25)11-3-2-4-13(5-11)17(18,19)20/h2-8H,9H2,1H3. The molecule has 9 heteroatoms. The summed E-state index contributed by atoms with van der Waals surface area (Å²) in [6, 6.07) is 6.87. The highest BCUT2D eigenvalue weighted by molar-refractivity contribution is 5.80. The predicted octanol–water partition coefficient (Wildman–Crippen LogP) is 3.86. The van der Waals surface area contributed by atoms with Crippen molar-refractivity contribution in [3.05, 3.63) is 60.1 Å². The zero-order chi connectivity index (χ0) is 18.3. The minimum absolute atomic E-state index is 0.248. The minimum Gasteiger partial charge on any atom is -0.424 e. The van der Waals surface area contributed by atoms with Gasteiger partial charge in [-0.05, 0) is 23.8 Å². The zero-order valence-corrected chi connectivity index (χ0v) is 13.5. The third-order valence-electron chi connectivity index (χ3n) is 3.87. The molecule has 0 atom stereocenters. The second kappa shape index (κ2) is 5.94. The Morgan fingerprint density at radius 2 is 1.92 bits per heavy atom. The molecule has 0 aliphatic carbocycles. The van der Waals surface area contributed by atoms with E-state index in [2.05, 4.69) is 20.3 Å². The van der Waals surface area contributed by atoms with Gasteiger partial charge in [0, 0.05) is 18.7 Å². The molecule has 4 rings (SSSR count).